The molecular formula is C15H15ClN4O3. The zero-order valence-electron chi connectivity index (χ0n) is 12.5. The van der Waals surface area contributed by atoms with Gasteiger partial charge >= 0.3 is 5.97 Å². The van der Waals surface area contributed by atoms with Crippen LogP contribution in [0.5, 0.6) is 0 Å². The van der Waals surface area contributed by atoms with E-state index >= 15 is 0 Å². The molecule has 2 heterocycles. The first-order valence-electron chi connectivity index (χ1n) is 7.13. The fraction of sp³-hybridized carbons (Fsp3) is 0.333. The highest BCUT2D eigenvalue weighted by Gasteiger charge is 2.25. The smallest absolute Gasteiger partial charge is 0.325 e. The Balaban J connectivity index is 1.79. The van der Waals surface area contributed by atoms with E-state index in [0.29, 0.717) is 18.1 Å². The average molecular weight is 335 g/mol. The van der Waals surface area contributed by atoms with Gasteiger partial charge in [-0.05, 0) is 36.1 Å². The Hall–Kier alpha value is -2.41. The van der Waals surface area contributed by atoms with Crippen molar-refractivity contribution in [1.29, 1.82) is 0 Å². The minimum absolute atomic E-state index is 0.137. The number of carbonyl (C=O) groups is 2. The molecule has 1 amide bonds. The monoisotopic (exact) mass is 334 g/mol. The van der Waals surface area contributed by atoms with Gasteiger partial charge in [-0.3, -0.25) is 9.59 Å². The first-order valence-corrected chi connectivity index (χ1v) is 7.51. The predicted octanol–water partition coefficient (Wildman–Crippen LogP) is 1.52. The first-order chi connectivity index (χ1) is 10.9. The largest absolute Gasteiger partial charge is 0.480 e. The van der Waals surface area contributed by atoms with E-state index in [1.165, 1.54) is 6.20 Å². The maximum absolute atomic E-state index is 12.5. The molecule has 0 unspecified atom stereocenters. The third kappa shape index (κ3) is 3.19. The number of benzene rings is 1. The van der Waals surface area contributed by atoms with Crippen LogP contribution in [-0.4, -0.2) is 43.4 Å². The SMILES string of the molecule is Cc1cc(Cl)c2c(c1)CCN(C(=O)c1cn(CC(=O)O)nn1)C2. The van der Waals surface area contributed by atoms with Crippen LogP contribution in [0.15, 0.2) is 18.3 Å². The van der Waals surface area contributed by atoms with E-state index in [4.69, 9.17) is 16.7 Å². The number of aliphatic carboxylic acids is 1. The van der Waals surface area contributed by atoms with Crippen LogP contribution in [-0.2, 0) is 24.3 Å². The summed E-state index contributed by atoms with van der Waals surface area (Å²) in [6.07, 6.45) is 2.08. The number of carboxylic acid groups (broad SMARTS) is 1. The van der Waals surface area contributed by atoms with Crippen molar-refractivity contribution in [3.05, 3.63) is 45.7 Å². The quantitative estimate of drug-likeness (QED) is 0.919. The minimum Gasteiger partial charge on any atom is -0.480 e. The first kappa shape index (κ1) is 15.5. The van der Waals surface area contributed by atoms with Crippen molar-refractivity contribution < 1.29 is 14.7 Å². The van der Waals surface area contributed by atoms with Crippen molar-refractivity contribution in [1.82, 2.24) is 19.9 Å². The van der Waals surface area contributed by atoms with Gasteiger partial charge in [-0.2, -0.15) is 0 Å². The number of carboxylic acids is 1. The molecule has 0 fully saturated rings. The molecule has 0 saturated carbocycles. The van der Waals surface area contributed by atoms with Crippen LogP contribution in [0.2, 0.25) is 5.02 Å². The molecule has 0 radical (unpaired) electrons. The zero-order chi connectivity index (χ0) is 16.6. The molecule has 1 aromatic heterocycles. The Labute approximate surface area is 137 Å². The van der Waals surface area contributed by atoms with Crippen LogP contribution in [0.1, 0.15) is 27.2 Å². The molecule has 0 atom stereocenters. The van der Waals surface area contributed by atoms with Gasteiger partial charge in [-0.25, -0.2) is 4.68 Å². The summed E-state index contributed by atoms with van der Waals surface area (Å²) < 4.78 is 1.13. The summed E-state index contributed by atoms with van der Waals surface area (Å²) in [7, 11) is 0. The van der Waals surface area contributed by atoms with Crippen LogP contribution < -0.4 is 0 Å². The highest BCUT2D eigenvalue weighted by molar-refractivity contribution is 6.31. The average Bonchev–Trinajstić information content (AvgIpc) is 2.93. The lowest BCUT2D eigenvalue weighted by molar-refractivity contribution is -0.137. The lowest BCUT2D eigenvalue weighted by Crippen LogP contribution is -2.36. The Bertz CT molecular complexity index is 787. The standard InChI is InChI=1S/C15H15ClN4O3/c1-9-4-10-2-3-19(6-11(10)12(16)5-9)15(23)13-7-20(18-17-13)8-14(21)22/h4-5,7H,2-3,6,8H2,1H3,(H,21,22). The molecule has 120 valence electrons. The number of aromatic nitrogens is 3. The van der Waals surface area contributed by atoms with E-state index in [9.17, 15) is 9.59 Å². The summed E-state index contributed by atoms with van der Waals surface area (Å²) >= 11 is 6.29. The van der Waals surface area contributed by atoms with Gasteiger partial charge in [-0.15, -0.1) is 5.10 Å². The van der Waals surface area contributed by atoms with Crippen LogP contribution in [0.3, 0.4) is 0 Å². The highest BCUT2D eigenvalue weighted by Crippen LogP contribution is 2.28. The molecule has 7 nitrogen and oxygen atoms in total. The molecule has 23 heavy (non-hydrogen) atoms. The van der Waals surface area contributed by atoms with E-state index in [0.717, 1.165) is 27.8 Å². The number of carbonyl (C=O) groups excluding carboxylic acids is 1. The fourth-order valence-electron chi connectivity index (χ4n) is 2.72. The summed E-state index contributed by atoms with van der Waals surface area (Å²) in [6.45, 7) is 2.65. The van der Waals surface area contributed by atoms with Crippen LogP contribution in [0, 0.1) is 6.92 Å². The van der Waals surface area contributed by atoms with Gasteiger partial charge in [0.1, 0.15) is 6.54 Å². The van der Waals surface area contributed by atoms with E-state index in [2.05, 4.69) is 16.4 Å². The second-order valence-electron chi connectivity index (χ2n) is 5.56. The second kappa shape index (κ2) is 6.00. The van der Waals surface area contributed by atoms with Gasteiger partial charge in [0, 0.05) is 18.1 Å². The highest BCUT2D eigenvalue weighted by atomic mass is 35.5. The molecular weight excluding hydrogens is 320 g/mol. The lowest BCUT2D eigenvalue weighted by Gasteiger charge is -2.29. The number of hydrogen-bond donors (Lipinski definition) is 1. The molecule has 1 aromatic carbocycles. The molecule has 8 heteroatoms. The summed E-state index contributed by atoms with van der Waals surface area (Å²) in [5.74, 6) is -1.31. The number of hydrogen-bond acceptors (Lipinski definition) is 4. The molecule has 1 aliphatic rings. The van der Waals surface area contributed by atoms with Gasteiger partial charge in [0.05, 0.1) is 6.20 Å². The molecule has 0 aliphatic carbocycles. The minimum atomic E-state index is -1.04. The third-order valence-corrected chi connectivity index (χ3v) is 4.11. The summed E-state index contributed by atoms with van der Waals surface area (Å²) in [5, 5.41) is 16.8. The van der Waals surface area contributed by atoms with E-state index in [-0.39, 0.29) is 18.1 Å². The predicted molar refractivity (Wildman–Crippen MR) is 82.3 cm³/mol. The van der Waals surface area contributed by atoms with Crippen molar-refractivity contribution >= 4 is 23.5 Å². The van der Waals surface area contributed by atoms with Crippen LogP contribution in [0.4, 0.5) is 0 Å². The third-order valence-electron chi connectivity index (χ3n) is 3.77. The Morgan fingerprint density at radius 1 is 1.39 bits per heavy atom. The van der Waals surface area contributed by atoms with Crippen molar-refractivity contribution in [2.45, 2.75) is 26.4 Å². The number of rotatable bonds is 3. The molecule has 1 N–H and O–H groups in total. The molecule has 0 spiro atoms. The van der Waals surface area contributed by atoms with E-state index in [1.807, 2.05) is 13.0 Å². The van der Waals surface area contributed by atoms with Gasteiger partial charge in [0.2, 0.25) is 0 Å². The Morgan fingerprint density at radius 2 is 2.17 bits per heavy atom. The van der Waals surface area contributed by atoms with Gasteiger partial charge in [-0.1, -0.05) is 22.9 Å². The van der Waals surface area contributed by atoms with Crippen molar-refractivity contribution in [2.24, 2.45) is 0 Å². The Morgan fingerprint density at radius 3 is 2.91 bits per heavy atom. The van der Waals surface area contributed by atoms with Gasteiger partial charge < -0.3 is 10.0 Å². The number of aryl methyl sites for hydroxylation is 1. The van der Waals surface area contributed by atoms with E-state index < -0.39 is 5.97 Å². The Kier molecular flexibility index (Phi) is 4.04. The fourth-order valence-corrected chi connectivity index (χ4v) is 3.07. The molecule has 1 aliphatic heterocycles. The number of halogens is 1. The number of nitrogens with zero attached hydrogens (tertiary/aromatic N) is 4. The number of fused-ring (bicyclic) bond motifs is 1. The summed E-state index contributed by atoms with van der Waals surface area (Å²) in [5.41, 5.74) is 3.35. The summed E-state index contributed by atoms with van der Waals surface area (Å²) in [4.78, 5) is 24.8. The van der Waals surface area contributed by atoms with Gasteiger partial charge in [0.25, 0.3) is 5.91 Å². The molecule has 2 aromatic rings. The zero-order valence-corrected chi connectivity index (χ0v) is 13.2. The van der Waals surface area contributed by atoms with Crippen LogP contribution >= 0.6 is 11.6 Å². The van der Waals surface area contributed by atoms with Gasteiger partial charge in [0.15, 0.2) is 5.69 Å². The normalized spacial score (nSPS) is 13.7. The van der Waals surface area contributed by atoms with Crippen LogP contribution in [0.25, 0.3) is 0 Å². The van der Waals surface area contributed by atoms with Crippen molar-refractivity contribution in [3.63, 3.8) is 0 Å². The van der Waals surface area contributed by atoms with E-state index in [1.54, 1.807) is 4.90 Å². The molecule has 3 rings (SSSR count). The molecule has 0 bridgehead atoms. The molecule has 0 saturated heterocycles. The van der Waals surface area contributed by atoms with Crippen molar-refractivity contribution in [2.75, 3.05) is 6.54 Å². The second-order valence-corrected chi connectivity index (χ2v) is 5.96. The maximum atomic E-state index is 12.5. The maximum Gasteiger partial charge on any atom is 0.325 e. The van der Waals surface area contributed by atoms with Crippen molar-refractivity contribution in [3.8, 4) is 0 Å². The topological polar surface area (TPSA) is 88.3 Å². The number of amides is 1. The lowest BCUT2D eigenvalue weighted by atomic mass is 9.97. The summed E-state index contributed by atoms with van der Waals surface area (Å²) in [6, 6.07) is 3.98.